The molecule has 0 atom stereocenters. The first-order chi connectivity index (χ1) is 10.8. The number of rotatable bonds is 7. The van der Waals surface area contributed by atoms with Crippen molar-refractivity contribution in [2.75, 3.05) is 26.0 Å². The van der Waals surface area contributed by atoms with Gasteiger partial charge in [0.15, 0.2) is 9.84 Å². The van der Waals surface area contributed by atoms with E-state index in [0.29, 0.717) is 39.1 Å². The van der Waals surface area contributed by atoms with Gasteiger partial charge < -0.3 is 10.1 Å². The van der Waals surface area contributed by atoms with Crippen LogP contribution in [0.15, 0.2) is 0 Å². The first kappa shape index (κ1) is 18.4. The molecular formula is C16H29N3O3S. The minimum absolute atomic E-state index is 0.465. The monoisotopic (exact) mass is 343 g/mol. The molecule has 1 aromatic heterocycles. The van der Waals surface area contributed by atoms with E-state index in [1.807, 2.05) is 11.6 Å². The second-order valence-electron chi connectivity index (χ2n) is 6.54. The molecule has 1 saturated heterocycles. The molecule has 132 valence electrons. The fourth-order valence-corrected chi connectivity index (χ4v) is 4.53. The van der Waals surface area contributed by atoms with Crippen molar-refractivity contribution in [3.63, 3.8) is 0 Å². The van der Waals surface area contributed by atoms with E-state index in [1.54, 1.807) is 0 Å². The average molecular weight is 343 g/mol. The van der Waals surface area contributed by atoms with Crippen molar-refractivity contribution in [2.24, 2.45) is 0 Å². The Labute approximate surface area is 139 Å². The smallest absolute Gasteiger partial charge is 0.154 e. The summed E-state index contributed by atoms with van der Waals surface area (Å²) in [6, 6.07) is 0. The van der Waals surface area contributed by atoms with Crippen LogP contribution in [0.2, 0.25) is 0 Å². The predicted molar refractivity (Wildman–Crippen MR) is 91.3 cm³/mol. The largest absolute Gasteiger partial charge is 0.381 e. The third kappa shape index (κ3) is 3.95. The predicted octanol–water partition coefficient (Wildman–Crippen LogP) is 1.59. The van der Waals surface area contributed by atoms with Gasteiger partial charge in [-0.2, -0.15) is 5.10 Å². The van der Waals surface area contributed by atoms with Gasteiger partial charge in [0, 0.05) is 50.4 Å². The van der Waals surface area contributed by atoms with E-state index in [0.717, 1.165) is 24.4 Å². The third-order valence-corrected chi connectivity index (χ3v) is 7.03. The van der Waals surface area contributed by atoms with Crippen LogP contribution in [0.5, 0.6) is 0 Å². The van der Waals surface area contributed by atoms with Gasteiger partial charge in [-0.05, 0) is 33.1 Å². The Morgan fingerprint density at radius 1 is 1.30 bits per heavy atom. The second kappa shape index (κ2) is 7.32. The first-order valence-corrected chi connectivity index (χ1v) is 10.2. The molecule has 1 aliphatic heterocycles. The summed E-state index contributed by atoms with van der Waals surface area (Å²) in [5, 5.41) is 7.94. The number of sulfone groups is 1. The van der Waals surface area contributed by atoms with E-state index < -0.39 is 14.6 Å². The van der Waals surface area contributed by atoms with E-state index >= 15 is 0 Å². The summed E-state index contributed by atoms with van der Waals surface area (Å²) in [6.07, 6.45) is 3.51. The minimum atomic E-state index is -3.13. The lowest BCUT2D eigenvalue weighted by atomic mass is 9.99. The standard InChI is InChI=1S/C16H29N3O3S/c1-5-8-19-14(3)15(13(2)18-19)11-17-12-16(23(4,20)21)6-9-22-10-7-16/h17H,5-12H2,1-4H3. The Morgan fingerprint density at radius 3 is 2.52 bits per heavy atom. The van der Waals surface area contributed by atoms with Crippen molar-refractivity contribution < 1.29 is 13.2 Å². The molecule has 7 heteroatoms. The van der Waals surface area contributed by atoms with Crippen molar-refractivity contribution in [1.82, 2.24) is 15.1 Å². The zero-order chi connectivity index (χ0) is 17.1. The van der Waals surface area contributed by atoms with Crippen molar-refractivity contribution in [1.29, 1.82) is 0 Å². The van der Waals surface area contributed by atoms with Gasteiger partial charge in [-0.25, -0.2) is 8.42 Å². The molecule has 0 bridgehead atoms. The van der Waals surface area contributed by atoms with E-state index in [2.05, 4.69) is 24.3 Å². The molecule has 0 radical (unpaired) electrons. The zero-order valence-corrected chi connectivity index (χ0v) is 15.5. The van der Waals surface area contributed by atoms with Crippen LogP contribution < -0.4 is 5.32 Å². The fraction of sp³-hybridized carbons (Fsp3) is 0.812. The Balaban J connectivity index is 2.06. The van der Waals surface area contributed by atoms with Gasteiger partial charge in [0.05, 0.1) is 10.4 Å². The third-order valence-electron chi connectivity index (χ3n) is 4.91. The summed E-state index contributed by atoms with van der Waals surface area (Å²) in [4.78, 5) is 0. The van der Waals surface area contributed by atoms with Crippen molar-refractivity contribution in [3.05, 3.63) is 17.0 Å². The zero-order valence-electron chi connectivity index (χ0n) is 14.7. The molecule has 2 heterocycles. The van der Waals surface area contributed by atoms with Crippen LogP contribution in [0, 0.1) is 13.8 Å². The Hall–Kier alpha value is -0.920. The van der Waals surface area contributed by atoms with Gasteiger partial charge in [0.1, 0.15) is 0 Å². The maximum Gasteiger partial charge on any atom is 0.154 e. The first-order valence-electron chi connectivity index (χ1n) is 8.31. The molecule has 0 aliphatic carbocycles. The summed E-state index contributed by atoms with van der Waals surface area (Å²) in [5.74, 6) is 0. The van der Waals surface area contributed by atoms with Gasteiger partial charge in [-0.1, -0.05) is 6.92 Å². The van der Waals surface area contributed by atoms with Crippen LogP contribution in [0.25, 0.3) is 0 Å². The number of nitrogens with zero attached hydrogens (tertiary/aromatic N) is 2. The highest BCUT2D eigenvalue weighted by molar-refractivity contribution is 7.92. The molecule has 0 amide bonds. The summed E-state index contributed by atoms with van der Waals surface area (Å²) in [5.41, 5.74) is 3.36. The van der Waals surface area contributed by atoms with Crippen LogP contribution >= 0.6 is 0 Å². The van der Waals surface area contributed by atoms with Crippen LogP contribution in [0.3, 0.4) is 0 Å². The molecule has 0 aromatic carbocycles. The van der Waals surface area contributed by atoms with Gasteiger partial charge in [0.2, 0.25) is 0 Å². The molecule has 0 saturated carbocycles. The Kier molecular flexibility index (Phi) is 5.86. The molecule has 2 rings (SSSR count). The summed E-state index contributed by atoms with van der Waals surface area (Å²) < 4.78 is 31.2. The highest BCUT2D eigenvalue weighted by atomic mass is 32.2. The fourth-order valence-electron chi connectivity index (χ4n) is 3.26. The van der Waals surface area contributed by atoms with Gasteiger partial charge >= 0.3 is 0 Å². The van der Waals surface area contributed by atoms with Gasteiger partial charge in [-0.15, -0.1) is 0 Å². The van der Waals surface area contributed by atoms with Crippen molar-refractivity contribution in [2.45, 2.75) is 57.9 Å². The van der Waals surface area contributed by atoms with Gasteiger partial charge in [-0.3, -0.25) is 4.68 Å². The molecule has 6 nitrogen and oxygen atoms in total. The topological polar surface area (TPSA) is 73.2 Å². The van der Waals surface area contributed by atoms with Crippen molar-refractivity contribution >= 4 is 9.84 Å². The summed E-state index contributed by atoms with van der Waals surface area (Å²) in [6.45, 7) is 9.28. The molecule has 1 N–H and O–H groups in total. The molecule has 0 unspecified atom stereocenters. The quantitative estimate of drug-likeness (QED) is 0.814. The van der Waals surface area contributed by atoms with E-state index in [4.69, 9.17) is 4.74 Å². The van der Waals surface area contributed by atoms with Crippen molar-refractivity contribution in [3.8, 4) is 0 Å². The summed E-state index contributed by atoms with van der Waals surface area (Å²) in [7, 11) is -3.13. The molecular weight excluding hydrogens is 314 g/mol. The average Bonchev–Trinajstić information content (AvgIpc) is 2.75. The molecule has 0 spiro atoms. The normalized spacial score (nSPS) is 18.3. The summed E-state index contributed by atoms with van der Waals surface area (Å²) >= 11 is 0. The van der Waals surface area contributed by atoms with Crippen LogP contribution in [-0.4, -0.2) is 49.0 Å². The molecule has 1 aromatic rings. The number of nitrogens with one attached hydrogen (secondary N) is 1. The SMILES string of the molecule is CCCn1nc(C)c(CNCC2(S(C)(=O)=O)CCOCC2)c1C. The number of aryl methyl sites for hydroxylation is 2. The maximum absolute atomic E-state index is 12.3. The Morgan fingerprint density at radius 2 is 1.96 bits per heavy atom. The van der Waals surface area contributed by atoms with Crippen LogP contribution in [0.1, 0.15) is 43.1 Å². The molecule has 1 fully saturated rings. The van der Waals surface area contributed by atoms with E-state index in [-0.39, 0.29) is 0 Å². The van der Waals surface area contributed by atoms with Gasteiger partial charge in [0.25, 0.3) is 0 Å². The van der Waals surface area contributed by atoms with E-state index in [9.17, 15) is 8.42 Å². The second-order valence-corrected chi connectivity index (χ2v) is 8.95. The number of ether oxygens (including phenoxy) is 1. The Bertz CT molecular complexity index is 631. The van der Waals surface area contributed by atoms with Crippen LogP contribution in [0.4, 0.5) is 0 Å². The number of hydrogen-bond acceptors (Lipinski definition) is 5. The van der Waals surface area contributed by atoms with Crippen LogP contribution in [-0.2, 0) is 27.7 Å². The highest BCUT2D eigenvalue weighted by Crippen LogP contribution is 2.28. The lowest BCUT2D eigenvalue weighted by Gasteiger charge is -2.35. The maximum atomic E-state index is 12.3. The molecule has 23 heavy (non-hydrogen) atoms. The highest BCUT2D eigenvalue weighted by Gasteiger charge is 2.41. The van der Waals surface area contributed by atoms with E-state index in [1.165, 1.54) is 11.8 Å². The number of aromatic nitrogens is 2. The lowest BCUT2D eigenvalue weighted by Crippen LogP contribution is -2.50. The molecule has 1 aliphatic rings. The lowest BCUT2D eigenvalue weighted by molar-refractivity contribution is 0.0744. The minimum Gasteiger partial charge on any atom is -0.381 e. The number of hydrogen-bond donors (Lipinski definition) is 1.